The molecular weight excluding hydrogens is 292 g/mol. The smallest absolute Gasteiger partial charge is 0.0701 e. The maximum absolute atomic E-state index is 8.50. The highest BCUT2D eigenvalue weighted by atomic mass is 16.6. The molecule has 0 heterocycles. The third-order valence-corrected chi connectivity index (χ3v) is 2.51. The molecule has 0 saturated heterocycles. The standard InChI is InChI=1S/C15H32O7/c1-2-17-8-9-21-14-15-22-13-11-19-6-3-5-18-10-12-20-7-4-16/h16H,2-15H2,1H3. The van der Waals surface area contributed by atoms with Crippen LogP contribution in [0.5, 0.6) is 0 Å². The van der Waals surface area contributed by atoms with Gasteiger partial charge in [0.25, 0.3) is 0 Å². The van der Waals surface area contributed by atoms with Crippen molar-refractivity contribution in [2.75, 3.05) is 85.9 Å². The summed E-state index contributed by atoms with van der Waals surface area (Å²) in [5.74, 6) is 0. The molecule has 0 rings (SSSR count). The van der Waals surface area contributed by atoms with Gasteiger partial charge in [-0.05, 0) is 13.3 Å². The van der Waals surface area contributed by atoms with E-state index in [4.69, 9.17) is 33.5 Å². The summed E-state index contributed by atoms with van der Waals surface area (Å²) in [6, 6.07) is 0. The highest BCUT2D eigenvalue weighted by molar-refractivity contribution is 4.38. The van der Waals surface area contributed by atoms with E-state index in [0.29, 0.717) is 72.7 Å². The van der Waals surface area contributed by atoms with Crippen molar-refractivity contribution in [3.63, 3.8) is 0 Å². The Kier molecular flexibility index (Phi) is 20.5. The maximum Gasteiger partial charge on any atom is 0.0701 e. The Morgan fingerprint density at radius 3 is 1.27 bits per heavy atom. The van der Waals surface area contributed by atoms with Gasteiger partial charge in [0, 0.05) is 19.8 Å². The van der Waals surface area contributed by atoms with Crippen molar-refractivity contribution in [3.05, 3.63) is 0 Å². The second kappa shape index (κ2) is 20.7. The van der Waals surface area contributed by atoms with Crippen molar-refractivity contribution in [2.24, 2.45) is 0 Å². The molecule has 0 unspecified atom stereocenters. The van der Waals surface area contributed by atoms with Crippen molar-refractivity contribution >= 4 is 0 Å². The Balaban J connectivity index is 2.91. The summed E-state index contributed by atoms with van der Waals surface area (Å²) in [6.07, 6.45) is 0.848. The number of aliphatic hydroxyl groups is 1. The number of ether oxygens (including phenoxy) is 6. The molecule has 0 aromatic carbocycles. The molecule has 7 nitrogen and oxygen atoms in total. The lowest BCUT2D eigenvalue weighted by Gasteiger charge is -2.07. The predicted molar refractivity (Wildman–Crippen MR) is 82.3 cm³/mol. The average Bonchev–Trinajstić information content (AvgIpc) is 2.54. The summed E-state index contributed by atoms with van der Waals surface area (Å²) < 4.78 is 31.6. The molecule has 0 amide bonds. The number of hydrogen-bond donors (Lipinski definition) is 1. The SMILES string of the molecule is CCOCCOCCOCCOCCCOCCOCCO. The molecule has 0 saturated carbocycles. The van der Waals surface area contributed by atoms with Gasteiger partial charge in [0.1, 0.15) is 0 Å². The van der Waals surface area contributed by atoms with Crippen LogP contribution in [0.4, 0.5) is 0 Å². The molecule has 0 atom stereocenters. The van der Waals surface area contributed by atoms with Crippen molar-refractivity contribution in [1.82, 2.24) is 0 Å². The minimum Gasteiger partial charge on any atom is -0.394 e. The lowest BCUT2D eigenvalue weighted by molar-refractivity contribution is -0.00529. The van der Waals surface area contributed by atoms with Gasteiger partial charge in [-0.15, -0.1) is 0 Å². The average molecular weight is 324 g/mol. The Morgan fingerprint density at radius 2 is 0.864 bits per heavy atom. The molecule has 134 valence electrons. The van der Waals surface area contributed by atoms with E-state index in [1.165, 1.54) is 0 Å². The maximum atomic E-state index is 8.50. The molecule has 0 aromatic rings. The normalized spacial score (nSPS) is 11.2. The van der Waals surface area contributed by atoms with Crippen LogP contribution in [-0.4, -0.2) is 91.0 Å². The van der Waals surface area contributed by atoms with Gasteiger partial charge in [0.05, 0.1) is 66.1 Å². The molecule has 0 bridgehead atoms. The first-order valence-electron chi connectivity index (χ1n) is 7.99. The monoisotopic (exact) mass is 324 g/mol. The van der Waals surface area contributed by atoms with Crippen LogP contribution in [0.1, 0.15) is 13.3 Å². The van der Waals surface area contributed by atoms with Gasteiger partial charge in [-0.25, -0.2) is 0 Å². The summed E-state index contributed by atoms with van der Waals surface area (Å²) in [5.41, 5.74) is 0. The number of aliphatic hydroxyl groups excluding tert-OH is 1. The molecular formula is C15H32O7. The van der Waals surface area contributed by atoms with Crippen LogP contribution in [0, 0.1) is 0 Å². The van der Waals surface area contributed by atoms with E-state index in [1.807, 2.05) is 6.92 Å². The zero-order valence-corrected chi connectivity index (χ0v) is 13.8. The molecule has 0 radical (unpaired) electrons. The van der Waals surface area contributed by atoms with Crippen molar-refractivity contribution in [3.8, 4) is 0 Å². The first kappa shape index (κ1) is 21.7. The summed E-state index contributed by atoms with van der Waals surface area (Å²) in [4.78, 5) is 0. The molecule has 0 aromatic heterocycles. The van der Waals surface area contributed by atoms with E-state index in [2.05, 4.69) is 0 Å². The van der Waals surface area contributed by atoms with Crippen LogP contribution in [0.2, 0.25) is 0 Å². The topological polar surface area (TPSA) is 75.6 Å². The van der Waals surface area contributed by atoms with Crippen LogP contribution in [-0.2, 0) is 28.4 Å². The fraction of sp³-hybridized carbons (Fsp3) is 1.00. The summed E-state index contributed by atoms with van der Waals surface area (Å²) in [7, 11) is 0. The first-order chi connectivity index (χ1) is 10.9. The van der Waals surface area contributed by atoms with Gasteiger partial charge in [-0.2, -0.15) is 0 Å². The van der Waals surface area contributed by atoms with Crippen molar-refractivity contribution < 1.29 is 33.5 Å². The van der Waals surface area contributed by atoms with E-state index in [-0.39, 0.29) is 6.61 Å². The van der Waals surface area contributed by atoms with Crippen LogP contribution >= 0.6 is 0 Å². The molecule has 0 spiro atoms. The number of rotatable bonds is 19. The minimum atomic E-state index is 0.0509. The summed E-state index contributed by atoms with van der Waals surface area (Å²) in [6.45, 7) is 9.03. The highest BCUT2D eigenvalue weighted by Crippen LogP contribution is 1.87. The van der Waals surface area contributed by atoms with Crippen LogP contribution in [0.3, 0.4) is 0 Å². The van der Waals surface area contributed by atoms with Gasteiger partial charge < -0.3 is 33.5 Å². The van der Waals surface area contributed by atoms with E-state index in [0.717, 1.165) is 13.0 Å². The molecule has 7 heteroatoms. The van der Waals surface area contributed by atoms with Gasteiger partial charge in [0.15, 0.2) is 0 Å². The summed E-state index contributed by atoms with van der Waals surface area (Å²) in [5, 5.41) is 8.50. The van der Waals surface area contributed by atoms with E-state index in [9.17, 15) is 0 Å². The Bertz CT molecular complexity index is 173. The zero-order valence-electron chi connectivity index (χ0n) is 13.8. The van der Waals surface area contributed by atoms with Gasteiger partial charge in [-0.1, -0.05) is 0 Å². The fourth-order valence-corrected chi connectivity index (χ4v) is 1.45. The third-order valence-electron chi connectivity index (χ3n) is 2.51. The second-order valence-electron chi connectivity index (χ2n) is 4.34. The molecule has 0 fully saturated rings. The lowest BCUT2D eigenvalue weighted by Crippen LogP contribution is -2.12. The van der Waals surface area contributed by atoms with Crippen LogP contribution in [0.15, 0.2) is 0 Å². The fourth-order valence-electron chi connectivity index (χ4n) is 1.45. The molecule has 0 aliphatic heterocycles. The molecule has 22 heavy (non-hydrogen) atoms. The minimum absolute atomic E-state index is 0.0509. The lowest BCUT2D eigenvalue weighted by atomic mass is 10.5. The van der Waals surface area contributed by atoms with Gasteiger partial charge in [0.2, 0.25) is 0 Å². The third kappa shape index (κ3) is 19.7. The quantitative estimate of drug-likeness (QED) is 0.347. The zero-order chi connectivity index (χ0) is 16.1. The highest BCUT2D eigenvalue weighted by Gasteiger charge is 1.93. The Labute approximate surface area is 133 Å². The second-order valence-corrected chi connectivity index (χ2v) is 4.34. The Morgan fingerprint density at radius 1 is 0.500 bits per heavy atom. The van der Waals surface area contributed by atoms with Crippen molar-refractivity contribution in [2.45, 2.75) is 13.3 Å². The number of hydrogen-bond acceptors (Lipinski definition) is 7. The largest absolute Gasteiger partial charge is 0.394 e. The van der Waals surface area contributed by atoms with Crippen molar-refractivity contribution in [1.29, 1.82) is 0 Å². The van der Waals surface area contributed by atoms with E-state index >= 15 is 0 Å². The van der Waals surface area contributed by atoms with Gasteiger partial charge >= 0.3 is 0 Å². The summed E-state index contributed by atoms with van der Waals surface area (Å²) >= 11 is 0. The van der Waals surface area contributed by atoms with E-state index < -0.39 is 0 Å². The predicted octanol–water partition coefficient (Wildman–Crippen LogP) is 0.488. The molecule has 0 aliphatic rings. The first-order valence-corrected chi connectivity index (χ1v) is 7.99. The van der Waals surface area contributed by atoms with E-state index in [1.54, 1.807) is 0 Å². The Hall–Kier alpha value is -0.280. The van der Waals surface area contributed by atoms with Crippen LogP contribution < -0.4 is 0 Å². The molecule has 1 N–H and O–H groups in total. The molecule has 0 aliphatic carbocycles. The van der Waals surface area contributed by atoms with Crippen LogP contribution in [0.25, 0.3) is 0 Å². The van der Waals surface area contributed by atoms with Gasteiger partial charge in [-0.3, -0.25) is 0 Å².